The standard InChI is InChI=1S/C15H26N2O3/c1-10(2)20-14(19)13(16)11-7-12(17-5-6-18)9-15(3,4)8-11/h7,10,17-18H,5-6,8-9,16H2,1-4H3/b13-11-. The number of nitrogens with two attached hydrogens (primary N) is 1. The maximum Gasteiger partial charge on any atom is 0.354 e. The number of aliphatic hydroxyl groups excluding tert-OH is 1. The second-order valence-corrected chi connectivity index (χ2v) is 6.23. The van der Waals surface area contributed by atoms with Crippen molar-refractivity contribution in [2.24, 2.45) is 11.1 Å². The molecule has 0 aliphatic heterocycles. The zero-order chi connectivity index (χ0) is 15.3. The van der Waals surface area contributed by atoms with E-state index in [1.54, 1.807) is 13.8 Å². The Balaban J connectivity index is 2.98. The van der Waals surface area contributed by atoms with E-state index in [2.05, 4.69) is 19.2 Å². The summed E-state index contributed by atoms with van der Waals surface area (Å²) < 4.78 is 5.14. The summed E-state index contributed by atoms with van der Waals surface area (Å²) in [5, 5.41) is 12.0. The van der Waals surface area contributed by atoms with Crippen LogP contribution in [-0.4, -0.2) is 30.3 Å². The fraction of sp³-hybridized carbons (Fsp3) is 0.667. The van der Waals surface area contributed by atoms with Crippen LogP contribution < -0.4 is 11.1 Å². The largest absolute Gasteiger partial charge is 0.458 e. The first-order valence-corrected chi connectivity index (χ1v) is 7.00. The van der Waals surface area contributed by atoms with Gasteiger partial charge < -0.3 is 20.9 Å². The van der Waals surface area contributed by atoms with Gasteiger partial charge in [0.05, 0.1) is 12.7 Å². The Labute approximate surface area is 120 Å². The van der Waals surface area contributed by atoms with Crippen LogP contribution in [0.4, 0.5) is 0 Å². The van der Waals surface area contributed by atoms with Gasteiger partial charge >= 0.3 is 5.97 Å². The molecule has 0 fully saturated rings. The van der Waals surface area contributed by atoms with Crippen LogP contribution in [0, 0.1) is 5.41 Å². The molecule has 1 aliphatic carbocycles. The van der Waals surface area contributed by atoms with Crippen LogP contribution >= 0.6 is 0 Å². The van der Waals surface area contributed by atoms with Crippen molar-refractivity contribution in [2.75, 3.05) is 13.2 Å². The highest BCUT2D eigenvalue weighted by molar-refractivity contribution is 5.89. The van der Waals surface area contributed by atoms with Crippen LogP contribution in [0.15, 0.2) is 23.0 Å². The lowest BCUT2D eigenvalue weighted by atomic mass is 9.76. The lowest BCUT2D eigenvalue weighted by Gasteiger charge is -2.32. The van der Waals surface area contributed by atoms with Gasteiger partial charge in [-0.25, -0.2) is 4.79 Å². The Morgan fingerprint density at radius 2 is 2.15 bits per heavy atom. The van der Waals surface area contributed by atoms with E-state index in [0.717, 1.165) is 24.1 Å². The Morgan fingerprint density at radius 1 is 1.50 bits per heavy atom. The number of allylic oxidation sites excluding steroid dienone is 3. The van der Waals surface area contributed by atoms with Crippen molar-refractivity contribution in [3.05, 3.63) is 23.0 Å². The molecule has 5 heteroatoms. The number of ether oxygens (including phenoxy) is 1. The molecule has 0 aromatic rings. The highest BCUT2D eigenvalue weighted by Gasteiger charge is 2.28. The molecule has 5 nitrogen and oxygen atoms in total. The fourth-order valence-electron chi connectivity index (χ4n) is 2.32. The number of esters is 1. The molecular weight excluding hydrogens is 256 g/mol. The van der Waals surface area contributed by atoms with E-state index in [9.17, 15) is 4.79 Å². The van der Waals surface area contributed by atoms with Crippen LogP contribution in [0.3, 0.4) is 0 Å². The molecule has 0 radical (unpaired) electrons. The number of carbonyl (C=O) groups is 1. The second kappa shape index (κ2) is 6.79. The predicted octanol–water partition coefficient (Wildman–Crippen LogP) is 1.44. The zero-order valence-corrected chi connectivity index (χ0v) is 12.8. The molecule has 0 bridgehead atoms. The van der Waals surface area contributed by atoms with Crippen molar-refractivity contribution in [1.82, 2.24) is 5.32 Å². The van der Waals surface area contributed by atoms with Gasteiger partial charge in [-0.05, 0) is 43.8 Å². The third kappa shape index (κ3) is 4.89. The minimum Gasteiger partial charge on any atom is -0.458 e. The van der Waals surface area contributed by atoms with E-state index in [0.29, 0.717) is 6.54 Å². The molecule has 0 saturated heterocycles. The molecule has 114 valence electrons. The van der Waals surface area contributed by atoms with Crippen molar-refractivity contribution in [3.8, 4) is 0 Å². The summed E-state index contributed by atoms with van der Waals surface area (Å²) in [6, 6.07) is 0. The van der Waals surface area contributed by atoms with Crippen molar-refractivity contribution < 1.29 is 14.6 Å². The average Bonchev–Trinajstić information content (AvgIpc) is 2.32. The summed E-state index contributed by atoms with van der Waals surface area (Å²) in [5.74, 6) is -0.467. The summed E-state index contributed by atoms with van der Waals surface area (Å²) in [4.78, 5) is 11.9. The Morgan fingerprint density at radius 3 is 2.70 bits per heavy atom. The van der Waals surface area contributed by atoms with Gasteiger partial charge in [0.15, 0.2) is 0 Å². The van der Waals surface area contributed by atoms with Gasteiger partial charge in [-0.3, -0.25) is 0 Å². The Bertz CT molecular complexity index is 423. The number of hydrogen-bond donors (Lipinski definition) is 3. The number of rotatable bonds is 5. The maximum absolute atomic E-state index is 11.9. The van der Waals surface area contributed by atoms with Crippen LogP contribution in [-0.2, 0) is 9.53 Å². The normalized spacial score (nSPS) is 20.4. The molecule has 1 aliphatic rings. The van der Waals surface area contributed by atoms with Crippen LogP contribution in [0.1, 0.15) is 40.5 Å². The molecule has 4 N–H and O–H groups in total. The monoisotopic (exact) mass is 282 g/mol. The van der Waals surface area contributed by atoms with Gasteiger partial charge in [-0.15, -0.1) is 0 Å². The summed E-state index contributed by atoms with van der Waals surface area (Å²) in [5.41, 5.74) is 7.92. The molecule has 0 heterocycles. The minimum atomic E-state index is -0.467. The molecule has 0 aromatic heterocycles. The van der Waals surface area contributed by atoms with Crippen molar-refractivity contribution in [2.45, 2.75) is 46.6 Å². The van der Waals surface area contributed by atoms with E-state index in [1.807, 2.05) is 6.08 Å². The first kappa shape index (κ1) is 16.6. The van der Waals surface area contributed by atoms with Crippen LogP contribution in [0.2, 0.25) is 0 Å². The average molecular weight is 282 g/mol. The first-order valence-electron chi connectivity index (χ1n) is 7.00. The summed E-state index contributed by atoms with van der Waals surface area (Å²) in [6.45, 7) is 8.41. The van der Waals surface area contributed by atoms with Gasteiger partial charge in [0.25, 0.3) is 0 Å². The van der Waals surface area contributed by atoms with Crippen molar-refractivity contribution in [1.29, 1.82) is 0 Å². The summed E-state index contributed by atoms with van der Waals surface area (Å²) >= 11 is 0. The highest BCUT2D eigenvalue weighted by Crippen LogP contribution is 2.37. The van der Waals surface area contributed by atoms with Gasteiger partial charge in [-0.2, -0.15) is 0 Å². The van der Waals surface area contributed by atoms with Gasteiger partial charge in [-0.1, -0.05) is 13.8 Å². The molecule has 20 heavy (non-hydrogen) atoms. The van der Waals surface area contributed by atoms with E-state index in [-0.39, 0.29) is 23.8 Å². The molecule has 0 saturated carbocycles. The predicted molar refractivity (Wildman–Crippen MR) is 78.6 cm³/mol. The van der Waals surface area contributed by atoms with Crippen molar-refractivity contribution >= 4 is 5.97 Å². The summed E-state index contributed by atoms with van der Waals surface area (Å²) in [7, 11) is 0. The van der Waals surface area contributed by atoms with E-state index < -0.39 is 5.97 Å². The quantitative estimate of drug-likeness (QED) is 0.525. The molecule has 0 amide bonds. The van der Waals surface area contributed by atoms with E-state index in [1.165, 1.54) is 0 Å². The molecule has 0 unspecified atom stereocenters. The van der Waals surface area contributed by atoms with Crippen LogP contribution in [0.25, 0.3) is 0 Å². The van der Waals surface area contributed by atoms with Gasteiger partial charge in [0, 0.05) is 12.2 Å². The fourth-order valence-corrected chi connectivity index (χ4v) is 2.32. The van der Waals surface area contributed by atoms with E-state index in [4.69, 9.17) is 15.6 Å². The number of hydrogen-bond acceptors (Lipinski definition) is 5. The number of aliphatic hydroxyl groups is 1. The number of nitrogens with one attached hydrogen (secondary N) is 1. The zero-order valence-electron chi connectivity index (χ0n) is 12.8. The lowest BCUT2D eigenvalue weighted by Crippen LogP contribution is -2.29. The van der Waals surface area contributed by atoms with Crippen LogP contribution in [0.5, 0.6) is 0 Å². The molecule has 0 atom stereocenters. The Hall–Kier alpha value is -1.49. The third-order valence-electron chi connectivity index (χ3n) is 3.06. The van der Waals surface area contributed by atoms with Crippen molar-refractivity contribution in [3.63, 3.8) is 0 Å². The smallest absolute Gasteiger partial charge is 0.354 e. The lowest BCUT2D eigenvalue weighted by molar-refractivity contribution is -0.142. The third-order valence-corrected chi connectivity index (χ3v) is 3.06. The topological polar surface area (TPSA) is 84.6 Å². The Kier molecular flexibility index (Phi) is 5.62. The van der Waals surface area contributed by atoms with Gasteiger partial charge in [0.2, 0.25) is 0 Å². The molecular formula is C15H26N2O3. The minimum absolute atomic E-state index is 0.0185. The van der Waals surface area contributed by atoms with Gasteiger partial charge in [0.1, 0.15) is 5.70 Å². The first-order chi connectivity index (χ1) is 9.25. The summed E-state index contributed by atoms with van der Waals surface area (Å²) in [6.07, 6.45) is 3.31. The highest BCUT2D eigenvalue weighted by atomic mass is 16.5. The molecule has 0 spiro atoms. The molecule has 1 rings (SSSR count). The maximum atomic E-state index is 11.9. The second-order valence-electron chi connectivity index (χ2n) is 6.23. The molecule has 0 aromatic carbocycles. The SMILES string of the molecule is CC(C)OC(=O)/C(N)=C1\C=C(NCCO)CC(C)(C)C1. The van der Waals surface area contributed by atoms with E-state index >= 15 is 0 Å². The number of carbonyl (C=O) groups excluding carboxylic acids is 1.